The van der Waals surface area contributed by atoms with Crippen molar-refractivity contribution in [2.24, 2.45) is 0 Å². The van der Waals surface area contributed by atoms with E-state index in [2.05, 4.69) is 93.5 Å². The van der Waals surface area contributed by atoms with Crippen LogP contribution in [0.4, 0.5) is 0 Å². The van der Waals surface area contributed by atoms with Gasteiger partial charge in [0.2, 0.25) is 0 Å². The Labute approximate surface area is 179 Å². The lowest BCUT2D eigenvalue weighted by Gasteiger charge is -2.45. The zero-order valence-corrected chi connectivity index (χ0v) is 22.2. The van der Waals surface area contributed by atoms with Gasteiger partial charge in [-0.05, 0) is 56.9 Å². The second-order valence-electron chi connectivity index (χ2n) is 12.1. The fourth-order valence-corrected chi connectivity index (χ4v) is 12.9. The maximum Gasteiger partial charge on any atom is -0.00606 e. The monoisotopic (exact) mass is 420 g/mol. The van der Waals surface area contributed by atoms with Gasteiger partial charge in [0.15, 0.2) is 0 Å². The molecule has 0 spiro atoms. The third-order valence-corrected chi connectivity index (χ3v) is 14.6. The zero-order chi connectivity index (χ0) is 21.4. The maximum absolute atomic E-state index is 2.56. The third-order valence-electron chi connectivity index (χ3n) is 6.68. The lowest BCUT2D eigenvalue weighted by Crippen LogP contribution is -2.29. The number of rotatable bonds is 4. The van der Waals surface area contributed by atoms with E-state index in [9.17, 15) is 0 Å². The summed E-state index contributed by atoms with van der Waals surface area (Å²) >= 11 is 0. The molecule has 0 N–H and O–H groups in total. The minimum atomic E-state index is -0.104. The van der Waals surface area contributed by atoms with E-state index in [1.807, 2.05) is 0 Å². The van der Waals surface area contributed by atoms with Gasteiger partial charge in [0.25, 0.3) is 0 Å². The SMILES string of the molecule is CC(C)(C)P(Cc1ccccc1CP1C(C)(C)CCCCC1(C)C)C(C)(C)C. The molecule has 0 aromatic heterocycles. The van der Waals surface area contributed by atoms with E-state index in [1.165, 1.54) is 38.0 Å². The summed E-state index contributed by atoms with van der Waals surface area (Å²) in [5, 5.41) is 1.74. The summed E-state index contributed by atoms with van der Waals surface area (Å²) in [7, 11) is -0.155. The Balaban J connectivity index is 2.38. The molecule has 1 aliphatic rings. The average Bonchev–Trinajstić information content (AvgIpc) is 2.62. The van der Waals surface area contributed by atoms with Gasteiger partial charge in [-0.15, -0.1) is 0 Å². The summed E-state index contributed by atoms with van der Waals surface area (Å²) in [6.07, 6.45) is 8.21. The van der Waals surface area contributed by atoms with Crippen LogP contribution in [-0.2, 0) is 12.3 Å². The van der Waals surface area contributed by atoms with Crippen molar-refractivity contribution in [3.05, 3.63) is 35.4 Å². The number of benzene rings is 1. The summed E-state index contributed by atoms with van der Waals surface area (Å²) in [5.41, 5.74) is 3.29. The minimum Gasteiger partial charge on any atom is -0.0911 e. The van der Waals surface area contributed by atoms with Gasteiger partial charge in [-0.3, -0.25) is 0 Å². The number of hydrogen-bond donors (Lipinski definition) is 0. The van der Waals surface area contributed by atoms with E-state index in [0.29, 0.717) is 20.6 Å². The van der Waals surface area contributed by atoms with Gasteiger partial charge in [-0.1, -0.05) is 122 Å². The molecular formula is C26H46P2. The van der Waals surface area contributed by atoms with E-state index in [-0.39, 0.29) is 15.8 Å². The molecule has 160 valence electrons. The van der Waals surface area contributed by atoms with Crippen LogP contribution in [0.2, 0.25) is 0 Å². The molecule has 1 aromatic carbocycles. The van der Waals surface area contributed by atoms with E-state index in [0.717, 1.165) is 0 Å². The first-order valence-electron chi connectivity index (χ1n) is 11.3. The van der Waals surface area contributed by atoms with Crippen LogP contribution < -0.4 is 0 Å². The Morgan fingerprint density at radius 1 is 0.786 bits per heavy atom. The van der Waals surface area contributed by atoms with Crippen molar-refractivity contribution in [2.75, 3.05) is 0 Å². The molecule has 2 heteroatoms. The van der Waals surface area contributed by atoms with Crippen LogP contribution in [-0.4, -0.2) is 20.6 Å². The normalized spacial score (nSPS) is 21.0. The predicted molar refractivity (Wildman–Crippen MR) is 134 cm³/mol. The molecule has 0 aliphatic carbocycles. The van der Waals surface area contributed by atoms with Crippen molar-refractivity contribution in [2.45, 2.75) is 128 Å². The van der Waals surface area contributed by atoms with E-state index in [1.54, 1.807) is 11.1 Å². The largest absolute Gasteiger partial charge is 0.0911 e. The van der Waals surface area contributed by atoms with Gasteiger partial charge < -0.3 is 0 Å². The van der Waals surface area contributed by atoms with Crippen LogP contribution in [0.3, 0.4) is 0 Å². The fourth-order valence-electron chi connectivity index (χ4n) is 5.32. The zero-order valence-electron chi connectivity index (χ0n) is 20.4. The Kier molecular flexibility index (Phi) is 7.54. The van der Waals surface area contributed by atoms with Crippen LogP contribution in [0.1, 0.15) is 106 Å². The molecule has 1 saturated heterocycles. The lowest BCUT2D eigenvalue weighted by molar-refractivity contribution is 0.563. The maximum atomic E-state index is 2.56. The predicted octanol–water partition coefficient (Wildman–Crippen LogP) is 9.38. The average molecular weight is 421 g/mol. The minimum absolute atomic E-state index is 0.0514. The summed E-state index contributed by atoms with van der Waals surface area (Å²) in [4.78, 5) is 0. The van der Waals surface area contributed by atoms with Gasteiger partial charge in [-0.2, -0.15) is 0 Å². The van der Waals surface area contributed by atoms with E-state index in [4.69, 9.17) is 0 Å². The molecule has 0 nitrogen and oxygen atoms in total. The highest BCUT2D eigenvalue weighted by Crippen LogP contribution is 2.67. The molecule has 1 aromatic rings. The van der Waals surface area contributed by atoms with Gasteiger partial charge in [0, 0.05) is 0 Å². The molecule has 28 heavy (non-hydrogen) atoms. The first-order valence-corrected chi connectivity index (χ1v) is 14.3. The van der Waals surface area contributed by atoms with E-state index >= 15 is 0 Å². The van der Waals surface area contributed by atoms with Gasteiger partial charge in [0.05, 0.1) is 0 Å². The molecule has 2 rings (SSSR count). The highest BCUT2D eigenvalue weighted by molar-refractivity contribution is 7.60. The van der Waals surface area contributed by atoms with Crippen molar-refractivity contribution in [3.8, 4) is 0 Å². The topological polar surface area (TPSA) is 0 Å². The van der Waals surface area contributed by atoms with Gasteiger partial charge in [-0.25, -0.2) is 0 Å². The van der Waals surface area contributed by atoms with Crippen molar-refractivity contribution in [1.29, 1.82) is 0 Å². The molecule has 0 radical (unpaired) electrons. The highest BCUT2D eigenvalue weighted by atomic mass is 31.1. The molecule has 1 heterocycles. The van der Waals surface area contributed by atoms with Gasteiger partial charge >= 0.3 is 0 Å². The van der Waals surface area contributed by atoms with Crippen molar-refractivity contribution in [3.63, 3.8) is 0 Å². The molecule has 0 unspecified atom stereocenters. The molecule has 1 fully saturated rings. The summed E-state index contributed by atoms with van der Waals surface area (Å²) in [6, 6.07) is 9.44. The molecule has 0 saturated carbocycles. The number of hydrogen-bond acceptors (Lipinski definition) is 0. The molecule has 1 aliphatic heterocycles. The quantitative estimate of drug-likeness (QED) is 0.426. The molecular weight excluding hydrogens is 374 g/mol. The van der Waals surface area contributed by atoms with Crippen LogP contribution in [0.15, 0.2) is 24.3 Å². The molecule has 0 bridgehead atoms. The Hall–Kier alpha value is 0.0800. The smallest absolute Gasteiger partial charge is 0.00606 e. The summed E-state index contributed by atoms with van der Waals surface area (Å²) in [6.45, 7) is 25.0. The first-order chi connectivity index (χ1) is 12.6. The van der Waals surface area contributed by atoms with Crippen LogP contribution in [0, 0.1) is 0 Å². The van der Waals surface area contributed by atoms with Crippen LogP contribution >= 0.6 is 15.8 Å². The van der Waals surface area contributed by atoms with Crippen LogP contribution in [0.25, 0.3) is 0 Å². The fraction of sp³-hybridized carbons (Fsp3) is 0.769. The molecule has 0 atom stereocenters. The highest BCUT2D eigenvalue weighted by Gasteiger charge is 2.42. The van der Waals surface area contributed by atoms with Crippen LogP contribution in [0.5, 0.6) is 0 Å². The van der Waals surface area contributed by atoms with Gasteiger partial charge in [0.1, 0.15) is 0 Å². The Bertz CT molecular complexity index is 611. The summed E-state index contributed by atoms with van der Waals surface area (Å²) in [5.74, 6) is 0. The second-order valence-corrected chi connectivity index (χ2v) is 19.6. The Morgan fingerprint density at radius 3 is 1.64 bits per heavy atom. The summed E-state index contributed by atoms with van der Waals surface area (Å²) < 4.78 is 0. The first kappa shape index (κ1) is 24.4. The van der Waals surface area contributed by atoms with E-state index < -0.39 is 0 Å². The Morgan fingerprint density at radius 2 is 1.21 bits per heavy atom. The lowest BCUT2D eigenvalue weighted by atomic mass is 10.0. The second kappa shape index (κ2) is 8.67. The third kappa shape index (κ3) is 6.05. The van der Waals surface area contributed by atoms with Crippen molar-refractivity contribution < 1.29 is 0 Å². The van der Waals surface area contributed by atoms with Crippen molar-refractivity contribution >= 4 is 15.8 Å². The molecule has 0 amide bonds. The van der Waals surface area contributed by atoms with Crippen molar-refractivity contribution in [1.82, 2.24) is 0 Å². The standard InChI is InChI=1S/C26H46P2/c1-23(2,3)27(24(4,5)6)19-21-15-11-12-16-22(21)20-28-25(7,8)17-13-14-18-26(28,9)10/h11-12,15-16H,13-14,17-20H2,1-10H3.